The molecular weight excluding hydrogens is 274 g/mol. The molecule has 0 saturated carbocycles. The van der Waals surface area contributed by atoms with Gasteiger partial charge in [-0.15, -0.1) is 0 Å². The van der Waals surface area contributed by atoms with E-state index in [9.17, 15) is 4.79 Å². The Morgan fingerprint density at radius 3 is 2.50 bits per heavy atom. The summed E-state index contributed by atoms with van der Waals surface area (Å²) in [4.78, 5) is 18.7. The number of hydrogen-bond donors (Lipinski definition) is 1. The number of anilines is 2. The van der Waals surface area contributed by atoms with Gasteiger partial charge in [-0.2, -0.15) is 0 Å². The van der Waals surface area contributed by atoms with Crippen molar-refractivity contribution in [3.05, 3.63) is 53.9 Å². The highest BCUT2D eigenvalue weighted by atomic mass is 16.1. The van der Waals surface area contributed by atoms with Crippen molar-refractivity contribution in [2.75, 3.05) is 23.3 Å². The number of nitrogens with one attached hydrogen (secondary N) is 1. The standard InChI is InChI=1S/C18H21N3O/c1-14-13-15(9-10-19-14)18(22)20-16-5-7-17(8-6-16)21-11-3-2-4-12-21/h5-10,13H,2-4,11-12H2,1H3,(H,20,22). The number of pyridine rings is 1. The summed E-state index contributed by atoms with van der Waals surface area (Å²) in [6.07, 6.45) is 5.51. The van der Waals surface area contributed by atoms with Crippen molar-refractivity contribution in [2.45, 2.75) is 26.2 Å². The molecule has 1 aromatic heterocycles. The van der Waals surface area contributed by atoms with E-state index in [1.54, 1.807) is 18.3 Å². The van der Waals surface area contributed by atoms with E-state index in [1.165, 1.54) is 24.9 Å². The van der Waals surface area contributed by atoms with Crippen molar-refractivity contribution in [3.8, 4) is 0 Å². The Morgan fingerprint density at radius 1 is 1.09 bits per heavy atom. The minimum atomic E-state index is -0.101. The number of amides is 1. The quantitative estimate of drug-likeness (QED) is 0.940. The summed E-state index contributed by atoms with van der Waals surface area (Å²) in [5.74, 6) is -0.101. The Bertz CT molecular complexity index is 646. The molecule has 3 rings (SSSR count). The predicted molar refractivity (Wildman–Crippen MR) is 89.4 cm³/mol. The third-order valence-electron chi connectivity index (χ3n) is 4.01. The summed E-state index contributed by atoms with van der Waals surface area (Å²) >= 11 is 0. The average molecular weight is 295 g/mol. The molecule has 1 amide bonds. The highest BCUT2D eigenvalue weighted by Crippen LogP contribution is 2.22. The second-order valence-corrected chi connectivity index (χ2v) is 5.73. The maximum absolute atomic E-state index is 12.2. The highest BCUT2D eigenvalue weighted by Gasteiger charge is 2.11. The molecule has 0 spiro atoms. The van der Waals surface area contributed by atoms with Crippen molar-refractivity contribution >= 4 is 17.3 Å². The number of aryl methyl sites for hydroxylation is 1. The Kier molecular flexibility index (Phi) is 4.37. The summed E-state index contributed by atoms with van der Waals surface area (Å²) in [7, 11) is 0. The monoisotopic (exact) mass is 295 g/mol. The lowest BCUT2D eigenvalue weighted by Gasteiger charge is -2.28. The lowest BCUT2D eigenvalue weighted by atomic mass is 10.1. The van der Waals surface area contributed by atoms with Gasteiger partial charge in [-0.3, -0.25) is 9.78 Å². The molecule has 1 aliphatic rings. The number of rotatable bonds is 3. The molecule has 0 bridgehead atoms. The Hall–Kier alpha value is -2.36. The van der Waals surface area contributed by atoms with Crippen LogP contribution in [0.2, 0.25) is 0 Å². The number of carbonyl (C=O) groups is 1. The molecule has 0 unspecified atom stereocenters. The van der Waals surface area contributed by atoms with Crippen LogP contribution in [0.5, 0.6) is 0 Å². The lowest BCUT2D eigenvalue weighted by Crippen LogP contribution is -2.29. The molecule has 1 fully saturated rings. The SMILES string of the molecule is Cc1cc(C(=O)Nc2ccc(N3CCCCC3)cc2)ccn1. The van der Waals surface area contributed by atoms with E-state index in [1.807, 2.05) is 19.1 Å². The number of piperidine rings is 1. The number of nitrogens with zero attached hydrogens (tertiary/aromatic N) is 2. The fourth-order valence-electron chi connectivity index (χ4n) is 2.80. The maximum atomic E-state index is 12.2. The van der Waals surface area contributed by atoms with Gasteiger partial charge in [0.1, 0.15) is 0 Å². The Labute approximate surface area is 131 Å². The first-order chi connectivity index (χ1) is 10.7. The van der Waals surface area contributed by atoms with Crippen LogP contribution in [-0.2, 0) is 0 Å². The molecule has 1 aliphatic heterocycles. The van der Waals surface area contributed by atoms with Crippen LogP contribution in [0.25, 0.3) is 0 Å². The lowest BCUT2D eigenvalue weighted by molar-refractivity contribution is 0.102. The van der Waals surface area contributed by atoms with Gasteiger partial charge >= 0.3 is 0 Å². The molecule has 2 aromatic rings. The molecule has 4 heteroatoms. The minimum Gasteiger partial charge on any atom is -0.372 e. The molecular formula is C18H21N3O. The van der Waals surface area contributed by atoms with Crippen LogP contribution < -0.4 is 10.2 Å². The Balaban J connectivity index is 1.66. The first-order valence-corrected chi connectivity index (χ1v) is 7.81. The molecule has 2 heterocycles. The zero-order chi connectivity index (χ0) is 15.4. The molecule has 22 heavy (non-hydrogen) atoms. The summed E-state index contributed by atoms with van der Waals surface area (Å²) < 4.78 is 0. The van der Waals surface area contributed by atoms with Gasteiger partial charge in [-0.05, 0) is 62.6 Å². The number of aromatic nitrogens is 1. The predicted octanol–water partition coefficient (Wildman–Crippen LogP) is 3.63. The van der Waals surface area contributed by atoms with Crippen LogP contribution in [-0.4, -0.2) is 24.0 Å². The van der Waals surface area contributed by atoms with Gasteiger partial charge in [-0.1, -0.05) is 0 Å². The van der Waals surface area contributed by atoms with Gasteiger partial charge in [0.25, 0.3) is 5.91 Å². The second kappa shape index (κ2) is 6.60. The average Bonchev–Trinajstić information content (AvgIpc) is 2.56. The zero-order valence-corrected chi connectivity index (χ0v) is 12.9. The minimum absolute atomic E-state index is 0.101. The van der Waals surface area contributed by atoms with Crippen LogP contribution in [0.4, 0.5) is 11.4 Å². The van der Waals surface area contributed by atoms with Gasteiger partial charge < -0.3 is 10.2 Å². The van der Waals surface area contributed by atoms with E-state index >= 15 is 0 Å². The summed E-state index contributed by atoms with van der Waals surface area (Å²) in [5.41, 5.74) is 3.53. The van der Waals surface area contributed by atoms with E-state index in [4.69, 9.17) is 0 Å². The zero-order valence-electron chi connectivity index (χ0n) is 12.9. The van der Waals surface area contributed by atoms with Crippen molar-refractivity contribution in [1.82, 2.24) is 4.98 Å². The Morgan fingerprint density at radius 2 is 1.82 bits per heavy atom. The van der Waals surface area contributed by atoms with E-state index in [0.717, 1.165) is 24.5 Å². The van der Waals surface area contributed by atoms with Crippen molar-refractivity contribution < 1.29 is 4.79 Å². The summed E-state index contributed by atoms with van der Waals surface area (Å²) in [5, 5.41) is 2.93. The largest absolute Gasteiger partial charge is 0.372 e. The summed E-state index contributed by atoms with van der Waals surface area (Å²) in [6.45, 7) is 4.13. The molecule has 0 radical (unpaired) electrons. The molecule has 0 atom stereocenters. The van der Waals surface area contributed by atoms with E-state index in [0.29, 0.717) is 5.56 Å². The number of benzene rings is 1. The number of hydrogen-bond acceptors (Lipinski definition) is 3. The summed E-state index contributed by atoms with van der Waals surface area (Å²) in [6, 6.07) is 11.6. The van der Waals surface area contributed by atoms with E-state index in [2.05, 4.69) is 27.3 Å². The fraction of sp³-hybridized carbons (Fsp3) is 0.333. The van der Waals surface area contributed by atoms with Gasteiger partial charge in [0.15, 0.2) is 0 Å². The number of carbonyl (C=O) groups excluding carboxylic acids is 1. The highest BCUT2D eigenvalue weighted by molar-refractivity contribution is 6.04. The van der Waals surface area contributed by atoms with Gasteiger partial charge in [0, 0.05) is 41.9 Å². The van der Waals surface area contributed by atoms with Crippen molar-refractivity contribution in [3.63, 3.8) is 0 Å². The smallest absolute Gasteiger partial charge is 0.255 e. The van der Waals surface area contributed by atoms with Crippen LogP contribution in [0, 0.1) is 6.92 Å². The third kappa shape index (κ3) is 3.45. The molecule has 1 aromatic carbocycles. The van der Waals surface area contributed by atoms with Crippen LogP contribution >= 0.6 is 0 Å². The molecule has 114 valence electrons. The third-order valence-corrected chi connectivity index (χ3v) is 4.01. The van der Waals surface area contributed by atoms with Gasteiger partial charge in [-0.25, -0.2) is 0 Å². The molecule has 0 aliphatic carbocycles. The van der Waals surface area contributed by atoms with Gasteiger partial charge in [0.05, 0.1) is 0 Å². The molecule has 1 saturated heterocycles. The van der Waals surface area contributed by atoms with Crippen LogP contribution in [0.3, 0.4) is 0 Å². The van der Waals surface area contributed by atoms with Crippen LogP contribution in [0.1, 0.15) is 35.3 Å². The fourth-order valence-corrected chi connectivity index (χ4v) is 2.80. The van der Waals surface area contributed by atoms with E-state index in [-0.39, 0.29) is 5.91 Å². The second-order valence-electron chi connectivity index (χ2n) is 5.73. The molecule has 1 N–H and O–H groups in total. The van der Waals surface area contributed by atoms with Crippen LogP contribution in [0.15, 0.2) is 42.6 Å². The van der Waals surface area contributed by atoms with Crippen molar-refractivity contribution in [1.29, 1.82) is 0 Å². The first-order valence-electron chi connectivity index (χ1n) is 7.81. The van der Waals surface area contributed by atoms with Crippen molar-refractivity contribution in [2.24, 2.45) is 0 Å². The first kappa shape index (κ1) is 14.6. The van der Waals surface area contributed by atoms with Gasteiger partial charge in [0.2, 0.25) is 0 Å². The topological polar surface area (TPSA) is 45.2 Å². The molecule has 4 nitrogen and oxygen atoms in total. The maximum Gasteiger partial charge on any atom is 0.255 e. The van der Waals surface area contributed by atoms with E-state index < -0.39 is 0 Å². The normalized spacial score (nSPS) is 14.7.